The van der Waals surface area contributed by atoms with Gasteiger partial charge in [-0.3, -0.25) is 5.43 Å². The van der Waals surface area contributed by atoms with Crippen molar-refractivity contribution < 1.29 is 0 Å². The van der Waals surface area contributed by atoms with Crippen molar-refractivity contribution in [1.82, 2.24) is 24.7 Å². The van der Waals surface area contributed by atoms with Gasteiger partial charge in [-0.25, -0.2) is 10.5 Å². The number of nitrogens with zero attached hydrogens (tertiary/aromatic N) is 6. The van der Waals surface area contributed by atoms with Crippen LogP contribution in [0.3, 0.4) is 0 Å². The van der Waals surface area contributed by atoms with Crippen LogP contribution in [0.2, 0.25) is 0 Å². The fourth-order valence-electron chi connectivity index (χ4n) is 1.84. The highest BCUT2D eigenvalue weighted by Crippen LogP contribution is 2.14. The number of nitrogens with one attached hydrogen (secondary N) is 1. The van der Waals surface area contributed by atoms with E-state index in [4.69, 9.17) is 5.84 Å². The van der Waals surface area contributed by atoms with Crippen molar-refractivity contribution in [3.05, 3.63) is 18.5 Å². The molecule has 0 radical (unpaired) electrons. The third-order valence-electron chi connectivity index (χ3n) is 2.70. The van der Waals surface area contributed by atoms with Gasteiger partial charge in [0, 0.05) is 25.5 Å². The first kappa shape index (κ1) is 14.2. The van der Waals surface area contributed by atoms with Gasteiger partial charge in [-0.1, -0.05) is 13.8 Å². The molecule has 0 amide bonds. The molecule has 20 heavy (non-hydrogen) atoms. The molecule has 0 fully saturated rings. The smallest absolute Gasteiger partial charge is 0.257 e. The van der Waals surface area contributed by atoms with E-state index in [0.717, 1.165) is 13.1 Å². The van der Waals surface area contributed by atoms with E-state index in [9.17, 15) is 0 Å². The van der Waals surface area contributed by atoms with Crippen molar-refractivity contribution in [3.63, 3.8) is 0 Å². The van der Waals surface area contributed by atoms with Crippen LogP contribution in [-0.2, 0) is 0 Å². The van der Waals surface area contributed by atoms with Crippen LogP contribution >= 0.6 is 0 Å². The van der Waals surface area contributed by atoms with E-state index in [2.05, 4.69) is 51.1 Å². The molecule has 0 aliphatic rings. The van der Waals surface area contributed by atoms with Gasteiger partial charge < -0.3 is 4.90 Å². The molecule has 0 saturated carbocycles. The average Bonchev–Trinajstić information content (AvgIpc) is 2.98. The van der Waals surface area contributed by atoms with Crippen LogP contribution in [0.4, 0.5) is 11.9 Å². The standard InChI is InChI=1S/C12H20N8/c1-4-19(8-9(2)3)11-15-10(18-13)16-12(17-11)20-7-5-6-14-20/h5-7,9H,4,8,13H2,1-3H3,(H,15,16,17,18). The Labute approximate surface area is 118 Å². The van der Waals surface area contributed by atoms with E-state index in [0.29, 0.717) is 23.8 Å². The molecule has 0 bridgehead atoms. The first-order chi connectivity index (χ1) is 9.63. The van der Waals surface area contributed by atoms with Crippen LogP contribution in [0.25, 0.3) is 5.95 Å². The van der Waals surface area contributed by atoms with Crippen LogP contribution in [0.1, 0.15) is 20.8 Å². The lowest BCUT2D eigenvalue weighted by Gasteiger charge is -2.23. The first-order valence-corrected chi connectivity index (χ1v) is 6.61. The minimum atomic E-state index is 0.322. The molecule has 0 aromatic carbocycles. The number of nitrogens with two attached hydrogens (primary N) is 1. The number of hydrazine groups is 1. The molecule has 2 aromatic rings. The maximum atomic E-state index is 5.43. The summed E-state index contributed by atoms with van der Waals surface area (Å²) in [7, 11) is 0. The molecule has 2 heterocycles. The second-order valence-electron chi connectivity index (χ2n) is 4.79. The van der Waals surface area contributed by atoms with Crippen LogP contribution in [0, 0.1) is 5.92 Å². The summed E-state index contributed by atoms with van der Waals surface area (Å²) in [6.07, 6.45) is 3.45. The van der Waals surface area contributed by atoms with Gasteiger partial charge in [0.2, 0.25) is 11.9 Å². The zero-order chi connectivity index (χ0) is 14.5. The Morgan fingerprint density at radius 2 is 2.15 bits per heavy atom. The van der Waals surface area contributed by atoms with Gasteiger partial charge in [-0.15, -0.1) is 0 Å². The summed E-state index contributed by atoms with van der Waals surface area (Å²) in [4.78, 5) is 15.1. The lowest BCUT2D eigenvalue weighted by atomic mass is 10.2. The van der Waals surface area contributed by atoms with Gasteiger partial charge in [0.05, 0.1) is 0 Å². The third kappa shape index (κ3) is 3.21. The van der Waals surface area contributed by atoms with Crippen molar-refractivity contribution in [1.29, 1.82) is 0 Å². The van der Waals surface area contributed by atoms with E-state index < -0.39 is 0 Å². The monoisotopic (exact) mass is 276 g/mol. The molecule has 108 valence electrons. The average molecular weight is 276 g/mol. The second kappa shape index (κ2) is 6.29. The Balaban J connectivity index is 2.39. The maximum absolute atomic E-state index is 5.43. The third-order valence-corrected chi connectivity index (χ3v) is 2.70. The molecule has 3 N–H and O–H groups in total. The van der Waals surface area contributed by atoms with E-state index in [-0.39, 0.29) is 0 Å². The van der Waals surface area contributed by atoms with Crippen molar-refractivity contribution in [2.24, 2.45) is 11.8 Å². The summed E-state index contributed by atoms with van der Waals surface area (Å²) in [6, 6.07) is 1.81. The molecule has 0 atom stereocenters. The molecular formula is C12H20N8. The minimum Gasteiger partial charge on any atom is -0.341 e. The highest BCUT2D eigenvalue weighted by Gasteiger charge is 2.14. The lowest BCUT2D eigenvalue weighted by Crippen LogP contribution is -2.30. The van der Waals surface area contributed by atoms with Gasteiger partial charge in [0.15, 0.2) is 0 Å². The number of rotatable bonds is 6. The predicted molar refractivity (Wildman–Crippen MR) is 77.5 cm³/mol. The number of anilines is 2. The van der Waals surface area contributed by atoms with Crippen molar-refractivity contribution in [2.75, 3.05) is 23.4 Å². The van der Waals surface area contributed by atoms with Crippen molar-refractivity contribution >= 4 is 11.9 Å². The highest BCUT2D eigenvalue weighted by atomic mass is 15.4. The van der Waals surface area contributed by atoms with Gasteiger partial charge in [-0.2, -0.15) is 20.1 Å². The topological polar surface area (TPSA) is 97.8 Å². The fraction of sp³-hybridized carbons (Fsp3) is 0.500. The van der Waals surface area contributed by atoms with Crippen molar-refractivity contribution in [3.8, 4) is 5.95 Å². The molecule has 0 spiro atoms. The largest absolute Gasteiger partial charge is 0.341 e. The maximum Gasteiger partial charge on any atom is 0.257 e. The second-order valence-corrected chi connectivity index (χ2v) is 4.79. The van der Waals surface area contributed by atoms with Gasteiger partial charge in [-0.05, 0) is 18.9 Å². The van der Waals surface area contributed by atoms with E-state index in [1.165, 1.54) is 0 Å². The zero-order valence-corrected chi connectivity index (χ0v) is 12.0. The van der Waals surface area contributed by atoms with Crippen molar-refractivity contribution in [2.45, 2.75) is 20.8 Å². The van der Waals surface area contributed by atoms with Crippen LogP contribution < -0.4 is 16.2 Å². The number of aromatic nitrogens is 5. The summed E-state index contributed by atoms with van der Waals surface area (Å²) >= 11 is 0. The number of hydrogen-bond acceptors (Lipinski definition) is 7. The van der Waals surface area contributed by atoms with Gasteiger partial charge in [0.1, 0.15) is 0 Å². The van der Waals surface area contributed by atoms with Gasteiger partial charge >= 0.3 is 0 Å². The molecular weight excluding hydrogens is 256 g/mol. The fourth-order valence-corrected chi connectivity index (χ4v) is 1.84. The Morgan fingerprint density at radius 1 is 1.35 bits per heavy atom. The SMILES string of the molecule is CCN(CC(C)C)c1nc(NN)nc(-n2cccn2)n1. The summed E-state index contributed by atoms with van der Waals surface area (Å²) in [5.74, 6) is 7.30. The van der Waals surface area contributed by atoms with E-state index in [1.54, 1.807) is 17.1 Å². The summed E-state index contributed by atoms with van der Waals surface area (Å²) < 4.78 is 1.58. The number of nitrogen functional groups attached to an aromatic ring is 1. The lowest BCUT2D eigenvalue weighted by molar-refractivity contribution is 0.606. The number of hydrogen-bond donors (Lipinski definition) is 2. The molecule has 2 rings (SSSR count). The molecule has 0 unspecified atom stereocenters. The van der Waals surface area contributed by atoms with E-state index >= 15 is 0 Å². The molecule has 0 aliphatic carbocycles. The van der Waals surface area contributed by atoms with Crippen LogP contribution in [0.5, 0.6) is 0 Å². The summed E-state index contributed by atoms with van der Waals surface area (Å²) in [5, 5.41) is 4.13. The molecule has 8 nitrogen and oxygen atoms in total. The Hall–Kier alpha value is -2.22. The molecule has 2 aromatic heterocycles. The molecule has 0 aliphatic heterocycles. The minimum absolute atomic E-state index is 0.322. The van der Waals surface area contributed by atoms with Gasteiger partial charge in [0.25, 0.3) is 5.95 Å². The van der Waals surface area contributed by atoms with E-state index in [1.807, 2.05) is 6.07 Å². The summed E-state index contributed by atoms with van der Waals surface area (Å²) in [6.45, 7) is 8.05. The Morgan fingerprint density at radius 3 is 2.70 bits per heavy atom. The van der Waals surface area contributed by atoms with Crippen LogP contribution in [0.15, 0.2) is 18.5 Å². The molecule has 8 heteroatoms. The Kier molecular flexibility index (Phi) is 4.46. The highest BCUT2D eigenvalue weighted by molar-refractivity contribution is 5.39. The Bertz CT molecular complexity index is 536. The summed E-state index contributed by atoms with van der Waals surface area (Å²) in [5.41, 5.74) is 2.47. The normalized spacial score (nSPS) is 10.8. The quantitative estimate of drug-likeness (QED) is 0.595. The van der Waals surface area contributed by atoms with Crippen LogP contribution in [-0.4, -0.2) is 37.8 Å². The molecule has 0 saturated heterocycles. The predicted octanol–water partition coefficient (Wildman–Crippen LogP) is 0.825. The first-order valence-electron chi connectivity index (χ1n) is 6.61. The zero-order valence-electron chi connectivity index (χ0n) is 12.0.